The second-order valence-corrected chi connectivity index (χ2v) is 6.88. The van der Waals surface area contributed by atoms with Crippen molar-refractivity contribution in [3.63, 3.8) is 0 Å². The molecule has 4 rings (SSSR count). The van der Waals surface area contributed by atoms with Crippen LogP contribution < -0.4 is 0 Å². The molecule has 1 saturated heterocycles. The summed E-state index contributed by atoms with van der Waals surface area (Å²) < 4.78 is 12.2. The second-order valence-electron chi connectivity index (χ2n) is 6.88. The van der Waals surface area contributed by atoms with Gasteiger partial charge in [0.15, 0.2) is 5.79 Å². The van der Waals surface area contributed by atoms with E-state index in [9.17, 15) is 10.1 Å². The van der Waals surface area contributed by atoms with Gasteiger partial charge in [0.1, 0.15) is 0 Å². The molecule has 0 radical (unpaired) electrons. The lowest BCUT2D eigenvalue weighted by molar-refractivity contribution is -0.385. The summed E-state index contributed by atoms with van der Waals surface area (Å²) in [7, 11) is 0. The van der Waals surface area contributed by atoms with Crippen molar-refractivity contribution in [1.29, 1.82) is 0 Å². The third-order valence-electron chi connectivity index (χ3n) is 5.50. The van der Waals surface area contributed by atoms with Crippen LogP contribution in [0.3, 0.4) is 0 Å². The first-order valence-electron chi connectivity index (χ1n) is 7.72. The van der Waals surface area contributed by atoms with Crippen LogP contribution >= 0.6 is 0 Å². The van der Waals surface area contributed by atoms with E-state index in [0.29, 0.717) is 25.0 Å². The molecule has 1 spiro atoms. The number of nitro groups is 1. The maximum absolute atomic E-state index is 10.7. The molecular formula is C17H19NO4. The van der Waals surface area contributed by atoms with Crippen LogP contribution in [0.15, 0.2) is 36.4 Å². The number of benzene rings is 1. The molecule has 0 N–H and O–H groups in total. The lowest BCUT2D eigenvalue weighted by Gasteiger charge is -2.46. The van der Waals surface area contributed by atoms with Gasteiger partial charge >= 0.3 is 0 Å². The number of ether oxygens (including phenoxy) is 2. The number of nitro benzene ring substituents is 1. The summed E-state index contributed by atoms with van der Waals surface area (Å²) in [6, 6.07) is 6.43. The minimum Gasteiger partial charge on any atom is -0.345 e. The highest BCUT2D eigenvalue weighted by Crippen LogP contribution is 2.55. The summed E-state index contributed by atoms with van der Waals surface area (Å²) in [5.74, 6) is 0.436. The number of hydrogen-bond acceptors (Lipinski definition) is 4. The Bertz CT molecular complexity index is 629. The molecule has 2 atom stereocenters. The van der Waals surface area contributed by atoms with Crippen molar-refractivity contribution >= 4 is 5.69 Å². The Morgan fingerprint density at radius 3 is 2.36 bits per heavy atom. The summed E-state index contributed by atoms with van der Waals surface area (Å²) in [6.07, 6.45) is 7.00. The van der Waals surface area contributed by atoms with E-state index >= 15 is 0 Å². The molecule has 0 amide bonds. The van der Waals surface area contributed by atoms with Crippen molar-refractivity contribution in [1.82, 2.24) is 0 Å². The van der Waals surface area contributed by atoms with Crippen LogP contribution in [0.1, 0.15) is 25.3 Å². The predicted octanol–water partition coefficient (Wildman–Crippen LogP) is 3.40. The van der Waals surface area contributed by atoms with Crippen LogP contribution in [-0.2, 0) is 15.3 Å². The maximum Gasteiger partial charge on any atom is 0.269 e. The molecule has 1 heterocycles. The Morgan fingerprint density at radius 2 is 1.86 bits per heavy atom. The van der Waals surface area contributed by atoms with E-state index in [1.807, 2.05) is 6.92 Å². The highest BCUT2D eigenvalue weighted by atomic mass is 16.7. The van der Waals surface area contributed by atoms with E-state index < -0.39 is 10.7 Å². The van der Waals surface area contributed by atoms with E-state index in [4.69, 9.17) is 9.47 Å². The molecule has 5 heteroatoms. The zero-order chi connectivity index (χ0) is 15.4. The first-order chi connectivity index (χ1) is 10.5. The van der Waals surface area contributed by atoms with Gasteiger partial charge in [-0.25, -0.2) is 0 Å². The molecule has 116 valence electrons. The van der Waals surface area contributed by atoms with E-state index in [1.54, 1.807) is 12.1 Å². The quantitative estimate of drug-likeness (QED) is 0.477. The SMILES string of the molecule is CC1(c2ccc([N+](=O)[O-])cc2)OCC2(CO1)C[C@H]1C=C[C@H]2C1. The number of rotatable bonds is 2. The van der Waals surface area contributed by atoms with Gasteiger partial charge in [0.2, 0.25) is 0 Å². The molecule has 2 bridgehead atoms. The Labute approximate surface area is 129 Å². The predicted molar refractivity (Wildman–Crippen MR) is 80.1 cm³/mol. The molecule has 1 saturated carbocycles. The molecule has 1 aromatic carbocycles. The fraction of sp³-hybridized carbons (Fsp3) is 0.529. The van der Waals surface area contributed by atoms with Gasteiger partial charge in [-0.1, -0.05) is 12.2 Å². The van der Waals surface area contributed by atoms with Crippen molar-refractivity contribution < 1.29 is 14.4 Å². The minimum absolute atomic E-state index is 0.0814. The van der Waals surface area contributed by atoms with Gasteiger partial charge < -0.3 is 9.47 Å². The van der Waals surface area contributed by atoms with Gasteiger partial charge in [-0.05, 0) is 43.7 Å². The van der Waals surface area contributed by atoms with E-state index in [1.165, 1.54) is 18.6 Å². The van der Waals surface area contributed by atoms with Crippen molar-refractivity contribution in [2.24, 2.45) is 17.3 Å². The second kappa shape index (κ2) is 4.64. The monoisotopic (exact) mass is 301 g/mol. The molecule has 2 fully saturated rings. The van der Waals surface area contributed by atoms with Gasteiger partial charge in [-0.15, -0.1) is 0 Å². The average Bonchev–Trinajstić information content (AvgIpc) is 3.12. The number of nitrogens with zero attached hydrogens (tertiary/aromatic N) is 1. The van der Waals surface area contributed by atoms with Gasteiger partial charge in [-0.2, -0.15) is 0 Å². The molecule has 5 nitrogen and oxygen atoms in total. The van der Waals surface area contributed by atoms with Crippen LogP contribution in [0.2, 0.25) is 0 Å². The Kier molecular flexibility index (Phi) is 2.93. The van der Waals surface area contributed by atoms with Crippen LogP contribution in [0, 0.1) is 27.4 Å². The minimum atomic E-state index is -0.814. The van der Waals surface area contributed by atoms with Crippen LogP contribution in [-0.4, -0.2) is 18.1 Å². The first kappa shape index (κ1) is 13.9. The summed E-state index contributed by atoms with van der Waals surface area (Å²) in [4.78, 5) is 10.4. The highest BCUT2D eigenvalue weighted by molar-refractivity contribution is 5.34. The van der Waals surface area contributed by atoms with Crippen molar-refractivity contribution in [2.45, 2.75) is 25.6 Å². The van der Waals surface area contributed by atoms with Gasteiger partial charge in [0, 0.05) is 23.1 Å². The smallest absolute Gasteiger partial charge is 0.269 e. The maximum atomic E-state index is 10.7. The molecule has 3 aliphatic rings. The lowest BCUT2D eigenvalue weighted by Crippen LogP contribution is -2.48. The zero-order valence-corrected chi connectivity index (χ0v) is 12.5. The number of fused-ring (bicyclic) bond motifs is 3. The van der Waals surface area contributed by atoms with E-state index in [-0.39, 0.29) is 11.1 Å². The summed E-state index contributed by atoms with van der Waals surface area (Å²) in [5, 5.41) is 10.7. The fourth-order valence-electron chi connectivity index (χ4n) is 4.08. The van der Waals surface area contributed by atoms with Crippen LogP contribution in [0.5, 0.6) is 0 Å². The summed E-state index contributed by atoms with van der Waals surface area (Å²) >= 11 is 0. The largest absolute Gasteiger partial charge is 0.345 e. The van der Waals surface area contributed by atoms with E-state index in [0.717, 1.165) is 12.0 Å². The topological polar surface area (TPSA) is 61.6 Å². The molecule has 22 heavy (non-hydrogen) atoms. The van der Waals surface area contributed by atoms with Crippen molar-refractivity contribution in [2.75, 3.05) is 13.2 Å². The fourth-order valence-corrected chi connectivity index (χ4v) is 4.08. The third kappa shape index (κ3) is 2.00. The number of allylic oxidation sites excluding steroid dienone is 2. The van der Waals surface area contributed by atoms with Gasteiger partial charge in [0.05, 0.1) is 18.1 Å². The Morgan fingerprint density at radius 1 is 1.18 bits per heavy atom. The average molecular weight is 301 g/mol. The normalized spacial score (nSPS) is 39.5. The van der Waals surface area contributed by atoms with Gasteiger partial charge in [-0.3, -0.25) is 10.1 Å². The Balaban J connectivity index is 1.52. The number of hydrogen-bond donors (Lipinski definition) is 0. The van der Waals surface area contributed by atoms with Crippen LogP contribution in [0.25, 0.3) is 0 Å². The van der Waals surface area contributed by atoms with Crippen molar-refractivity contribution in [3.8, 4) is 0 Å². The molecule has 0 unspecified atom stereocenters. The van der Waals surface area contributed by atoms with Crippen LogP contribution in [0.4, 0.5) is 5.69 Å². The molecular weight excluding hydrogens is 282 g/mol. The highest BCUT2D eigenvalue weighted by Gasteiger charge is 2.53. The standard InChI is InChI=1S/C17H19NO4/c1-16(13-4-6-15(7-5-13)18(19)20)21-10-17(11-22-16)9-12-2-3-14(17)8-12/h2-7,12,14H,8-11H2,1H3/t12-,14-,16?,17?/m0/s1. The summed E-state index contributed by atoms with van der Waals surface area (Å²) in [6.45, 7) is 3.27. The zero-order valence-electron chi connectivity index (χ0n) is 12.5. The number of non-ortho nitro benzene ring substituents is 1. The lowest BCUT2D eigenvalue weighted by atomic mass is 9.76. The van der Waals surface area contributed by atoms with E-state index in [2.05, 4.69) is 12.2 Å². The molecule has 1 aromatic rings. The molecule has 0 aromatic heterocycles. The Hall–Kier alpha value is -1.72. The van der Waals surface area contributed by atoms with Gasteiger partial charge in [0.25, 0.3) is 5.69 Å². The van der Waals surface area contributed by atoms with Crippen molar-refractivity contribution in [3.05, 3.63) is 52.1 Å². The molecule has 2 aliphatic carbocycles. The first-order valence-corrected chi connectivity index (χ1v) is 7.72. The summed E-state index contributed by atoms with van der Waals surface area (Å²) in [5.41, 5.74) is 1.03. The molecule has 1 aliphatic heterocycles. The third-order valence-corrected chi connectivity index (χ3v) is 5.50.